The molecule has 0 bridgehead atoms. The molecule has 2 aromatic carbocycles. The van der Waals surface area contributed by atoms with Crippen molar-refractivity contribution >= 4 is 11.7 Å². The summed E-state index contributed by atoms with van der Waals surface area (Å²) in [5.74, 6) is 1.55. The smallest absolute Gasteiger partial charge is 0.321 e. The molecule has 2 rings (SSSR count). The molecule has 0 saturated carbocycles. The molecule has 0 unspecified atom stereocenters. The molecule has 116 valence electrons. The summed E-state index contributed by atoms with van der Waals surface area (Å²) in [6, 6.07) is 16.5. The van der Waals surface area contributed by atoms with Crippen LogP contribution in [0.25, 0.3) is 0 Å². The zero-order valence-electron chi connectivity index (χ0n) is 12.8. The van der Waals surface area contributed by atoms with E-state index in [1.54, 1.807) is 43.3 Å². The van der Waals surface area contributed by atoms with Crippen LogP contribution in [0, 0.1) is 0 Å². The third-order valence-corrected chi connectivity index (χ3v) is 3.13. The van der Waals surface area contributed by atoms with Crippen molar-refractivity contribution in [1.29, 1.82) is 0 Å². The van der Waals surface area contributed by atoms with Gasteiger partial charge in [-0.1, -0.05) is 18.2 Å². The van der Waals surface area contributed by atoms with Crippen molar-refractivity contribution in [3.8, 4) is 11.5 Å². The first-order chi connectivity index (χ1) is 10.7. The van der Waals surface area contributed by atoms with E-state index in [1.165, 1.54) is 0 Å². The lowest BCUT2D eigenvalue weighted by Gasteiger charge is -2.18. The van der Waals surface area contributed by atoms with Gasteiger partial charge in [0.15, 0.2) is 0 Å². The van der Waals surface area contributed by atoms with Crippen LogP contribution >= 0.6 is 0 Å². The molecule has 0 fully saturated rings. The fourth-order valence-electron chi connectivity index (χ4n) is 1.81. The maximum absolute atomic E-state index is 12.0. The van der Waals surface area contributed by atoms with Gasteiger partial charge in [0.05, 0.1) is 13.7 Å². The zero-order chi connectivity index (χ0) is 15.8. The summed E-state index contributed by atoms with van der Waals surface area (Å²) in [5, 5.41) is 2.82. The highest BCUT2D eigenvalue weighted by atomic mass is 16.5. The lowest BCUT2D eigenvalue weighted by atomic mass is 10.3. The topological polar surface area (TPSA) is 50.8 Å². The summed E-state index contributed by atoms with van der Waals surface area (Å²) in [6.07, 6.45) is 0. The molecular formula is C17H20N2O3. The summed E-state index contributed by atoms with van der Waals surface area (Å²) < 4.78 is 10.6. The van der Waals surface area contributed by atoms with Crippen molar-refractivity contribution < 1.29 is 14.3 Å². The number of para-hydroxylation sites is 1. The van der Waals surface area contributed by atoms with E-state index >= 15 is 0 Å². The van der Waals surface area contributed by atoms with E-state index in [4.69, 9.17) is 9.47 Å². The minimum atomic E-state index is -0.179. The average Bonchev–Trinajstić information content (AvgIpc) is 2.56. The van der Waals surface area contributed by atoms with E-state index in [-0.39, 0.29) is 6.03 Å². The third-order valence-electron chi connectivity index (χ3n) is 3.13. The number of carbonyl (C=O) groups is 1. The summed E-state index contributed by atoms with van der Waals surface area (Å²) >= 11 is 0. The molecule has 2 aromatic rings. The van der Waals surface area contributed by atoms with Gasteiger partial charge in [-0.05, 0) is 36.4 Å². The van der Waals surface area contributed by atoms with Gasteiger partial charge in [0.2, 0.25) is 0 Å². The van der Waals surface area contributed by atoms with Gasteiger partial charge in [-0.25, -0.2) is 4.79 Å². The number of hydrogen-bond acceptors (Lipinski definition) is 3. The Morgan fingerprint density at radius 3 is 2.36 bits per heavy atom. The minimum absolute atomic E-state index is 0.179. The number of methoxy groups -OCH3 is 1. The van der Waals surface area contributed by atoms with Crippen molar-refractivity contribution in [2.75, 3.05) is 32.6 Å². The molecule has 0 aromatic heterocycles. The summed E-state index contributed by atoms with van der Waals surface area (Å²) in [5.41, 5.74) is 0.724. The normalized spacial score (nSPS) is 9.91. The zero-order valence-corrected chi connectivity index (χ0v) is 12.8. The Kier molecular flexibility index (Phi) is 5.65. The second kappa shape index (κ2) is 7.93. The molecule has 22 heavy (non-hydrogen) atoms. The predicted octanol–water partition coefficient (Wildman–Crippen LogP) is 3.24. The molecule has 0 aliphatic heterocycles. The monoisotopic (exact) mass is 300 g/mol. The van der Waals surface area contributed by atoms with Crippen LogP contribution in [0.2, 0.25) is 0 Å². The van der Waals surface area contributed by atoms with Crippen molar-refractivity contribution in [3.05, 3.63) is 54.6 Å². The first-order valence-corrected chi connectivity index (χ1v) is 7.03. The van der Waals surface area contributed by atoms with E-state index in [0.29, 0.717) is 13.2 Å². The summed E-state index contributed by atoms with van der Waals surface area (Å²) in [4.78, 5) is 13.6. The van der Waals surface area contributed by atoms with Gasteiger partial charge in [0.1, 0.15) is 18.1 Å². The van der Waals surface area contributed by atoms with Gasteiger partial charge in [0, 0.05) is 12.7 Å². The van der Waals surface area contributed by atoms with Crippen molar-refractivity contribution in [3.63, 3.8) is 0 Å². The minimum Gasteiger partial charge on any atom is -0.497 e. The Bertz CT molecular complexity index is 585. The molecule has 0 aliphatic rings. The van der Waals surface area contributed by atoms with Crippen molar-refractivity contribution in [2.45, 2.75) is 0 Å². The van der Waals surface area contributed by atoms with Crippen LogP contribution in [0.5, 0.6) is 11.5 Å². The highest BCUT2D eigenvalue weighted by Gasteiger charge is 2.08. The van der Waals surface area contributed by atoms with Crippen molar-refractivity contribution in [2.24, 2.45) is 0 Å². The Morgan fingerprint density at radius 2 is 1.73 bits per heavy atom. The van der Waals surface area contributed by atoms with Crippen LogP contribution < -0.4 is 14.8 Å². The number of hydrogen-bond donors (Lipinski definition) is 1. The van der Waals surface area contributed by atoms with Gasteiger partial charge < -0.3 is 19.7 Å². The SMILES string of the molecule is COc1ccc(NC(=O)N(C)CCOc2ccccc2)cc1. The van der Waals surface area contributed by atoms with Gasteiger partial charge in [-0.2, -0.15) is 0 Å². The fourth-order valence-corrected chi connectivity index (χ4v) is 1.81. The number of nitrogens with zero attached hydrogens (tertiary/aromatic N) is 1. The van der Waals surface area contributed by atoms with Crippen LogP contribution in [-0.4, -0.2) is 38.2 Å². The fraction of sp³-hybridized carbons (Fsp3) is 0.235. The summed E-state index contributed by atoms with van der Waals surface area (Å²) in [7, 11) is 3.33. The third kappa shape index (κ3) is 4.70. The molecular weight excluding hydrogens is 280 g/mol. The van der Waals surface area contributed by atoms with E-state index < -0.39 is 0 Å². The molecule has 0 saturated heterocycles. The number of benzene rings is 2. The number of carbonyl (C=O) groups excluding carboxylic acids is 1. The lowest BCUT2D eigenvalue weighted by molar-refractivity contribution is 0.207. The van der Waals surface area contributed by atoms with Gasteiger partial charge in [0.25, 0.3) is 0 Å². The van der Waals surface area contributed by atoms with Crippen LogP contribution in [0.15, 0.2) is 54.6 Å². The highest BCUT2D eigenvalue weighted by Crippen LogP contribution is 2.15. The maximum Gasteiger partial charge on any atom is 0.321 e. The summed E-state index contributed by atoms with van der Waals surface area (Å²) in [6.45, 7) is 0.938. The van der Waals surface area contributed by atoms with E-state index in [1.807, 2.05) is 30.3 Å². The van der Waals surface area contributed by atoms with Crippen LogP contribution in [0.4, 0.5) is 10.5 Å². The first kappa shape index (κ1) is 15.7. The Balaban J connectivity index is 1.76. The number of anilines is 1. The number of nitrogens with one attached hydrogen (secondary N) is 1. The molecule has 5 nitrogen and oxygen atoms in total. The highest BCUT2D eigenvalue weighted by molar-refractivity contribution is 5.89. The van der Waals surface area contributed by atoms with Crippen molar-refractivity contribution in [1.82, 2.24) is 4.90 Å². The number of ether oxygens (including phenoxy) is 2. The quantitative estimate of drug-likeness (QED) is 0.891. The molecule has 0 aliphatic carbocycles. The average molecular weight is 300 g/mol. The molecule has 0 radical (unpaired) electrons. The molecule has 0 atom stereocenters. The Morgan fingerprint density at radius 1 is 1.05 bits per heavy atom. The molecule has 1 N–H and O–H groups in total. The van der Waals surface area contributed by atoms with Gasteiger partial charge >= 0.3 is 6.03 Å². The maximum atomic E-state index is 12.0. The van der Waals surface area contributed by atoms with E-state index in [9.17, 15) is 4.79 Å². The molecule has 0 heterocycles. The number of likely N-dealkylation sites (N-methyl/N-ethyl adjacent to an activating group) is 1. The largest absolute Gasteiger partial charge is 0.497 e. The predicted molar refractivity (Wildman–Crippen MR) is 86.6 cm³/mol. The van der Waals surface area contributed by atoms with Crippen LogP contribution in [0.3, 0.4) is 0 Å². The second-order valence-electron chi connectivity index (χ2n) is 4.74. The van der Waals surface area contributed by atoms with E-state index in [2.05, 4.69) is 5.32 Å². The van der Waals surface area contributed by atoms with E-state index in [0.717, 1.165) is 17.2 Å². The molecule has 2 amide bonds. The Labute approximate surface area is 130 Å². The number of urea groups is 1. The van der Waals surface area contributed by atoms with Crippen LogP contribution in [-0.2, 0) is 0 Å². The lowest BCUT2D eigenvalue weighted by Crippen LogP contribution is -2.34. The second-order valence-corrected chi connectivity index (χ2v) is 4.74. The van der Waals surface area contributed by atoms with Crippen LogP contribution in [0.1, 0.15) is 0 Å². The number of amides is 2. The number of rotatable bonds is 6. The van der Waals surface area contributed by atoms with Gasteiger partial charge in [-0.3, -0.25) is 0 Å². The molecule has 0 spiro atoms. The van der Waals surface area contributed by atoms with Gasteiger partial charge in [-0.15, -0.1) is 0 Å². The Hall–Kier alpha value is -2.69. The molecule has 5 heteroatoms. The first-order valence-electron chi connectivity index (χ1n) is 7.03. The standard InChI is InChI=1S/C17H20N2O3/c1-19(12-13-22-16-6-4-3-5-7-16)17(20)18-14-8-10-15(21-2)11-9-14/h3-11H,12-13H2,1-2H3,(H,18,20).